The lowest BCUT2D eigenvalue weighted by molar-refractivity contribution is 0.00578. The Morgan fingerprint density at radius 3 is 2.40 bits per heavy atom. The van der Waals surface area contributed by atoms with Crippen molar-refractivity contribution in [3.63, 3.8) is 0 Å². The Morgan fingerprint density at radius 2 is 1.80 bits per heavy atom. The van der Waals surface area contributed by atoms with Crippen molar-refractivity contribution in [2.24, 2.45) is 0 Å². The van der Waals surface area contributed by atoms with E-state index in [4.69, 9.17) is 14.6 Å². The van der Waals surface area contributed by atoms with E-state index in [1.165, 1.54) is 0 Å². The largest absolute Gasteiger partial charge is 0.497 e. The third-order valence-corrected chi connectivity index (χ3v) is 4.33. The van der Waals surface area contributed by atoms with Crippen molar-refractivity contribution in [1.29, 1.82) is 5.26 Å². The minimum atomic E-state index is -0.463. The summed E-state index contributed by atoms with van der Waals surface area (Å²) < 4.78 is 12.2. The Kier molecular flexibility index (Phi) is 2.72. The number of rotatable bonds is 1. The first-order valence-corrected chi connectivity index (χ1v) is 6.71. The van der Waals surface area contributed by atoms with Crippen molar-refractivity contribution >= 4 is 23.5 Å². The van der Waals surface area contributed by atoms with Gasteiger partial charge in [-0.15, -0.1) is 0 Å². The molecule has 0 amide bonds. The first-order valence-electron chi connectivity index (χ1n) is 6.71. The van der Waals surface area contributed by atoms with Crippen LogP contribution in [0.2, 0.25) is 0 Å². The van der Waals surface area contributed by atoms with E-state index in [2.05, 4.69) is 11.1 Å². The van der Waals surface area contributed by atoms with Gasteiger partial charge in [0.25, 0.3) is 0 Å². The number of hydrogen-bond donors (Lipinski definition) is 1. The maximum absolute atomic E-state index is 9.17. The molecule has 0 aliphatic carbocycles. The Bertz CT molecular complexity index is 696. The summed E-state index contributed by atoms with van der Waals surface area (Å²) in [5.74, 6) is 0. The fraction of sp³-hybridized carbons (Fsp3) is 0.400. The van der Waals surface area contributed by atoms with Crippen molar-refractivity contribution in [2.75, 3.05) is 0 Å². The van der Waals surface area contributed by atoms with Crippen LogP contribution < -0.4 is 5.46 Å². The standard InChI is InChI=1S/C15H17BN2O2/c1-14(2)15(3,4)20-16(19-14)12-8-10(9-17)7-11-5-6-18-13(11)12/h5-8,18H,1-4H3. The van der Waals surface area contributed by atoms with Gasteiger partial charge < -0.3 is 14.3 Å². The molecular weight excluding hydrogens is 251 g/mol. The van der Waals surface area contributed by atoms with Crippen molar-refractivity contribution in [2.45, 2.75) is 38.9 Å². The summed E-state index contributed by atoms with van der Waals surface area (Å²) in [4.78, 5) is 3.20. The zero-order chi connectivity index (χ0) is 14.5. The van der Waals surface area contributed by atoms with Crippen molar-refractivity contribution in [3.05, 3.63) is 30.0 Å². The van der Waals surface area contributed by atoms with Crippen LogP contribution in [0.4, 0.5) is 0 Å². The van der Waals surface area contributed by atoms with Gasteiger partial charge in [-0.1, -0.05) is 0 Å². The van der Waals surface area contributed by atoms with E-state index in [1.54, 1.807) is 0 Å². The molecule has 20 heavy (non-hydrogen) atoms. The third kappa shape index (κ3) is 1.84. The minimum absolute atomic E-state index is 0.390. The highest BCUT2D eigenvalue weighted by Gasteiger charge is 2.52. The monoisotopic (exact) mass is 268 g/mol. The highest BCUT2D eigenvalue weighted by atomic mass is 16.7. The molecule has 1 aromatic carbocycles. The Balaban J connectivity index is 2.12. The lowest BCUT2D eigenvalue weighted by atomic mass is 9.77. The highest BCUT2D eigenvalue weighted by molar-refractivity contribution is 6.65. The predicted octanol–water partition coefficient (Wildman–Crippen LogP) is 2.34. The molecule has 1 aliphatic rings. The fourth-order valence-corrected chi connectivity index (χ4v) is 2.42. The van der Waals surface area contributed by atoms with Gasteiger partial charge in [-0.3, -0.25) is 0 Å². The normalized spacial score (nSPS) is 20.2. The van der Waals surface area contributed by atoms with E-state index < -0.39 is 7.12 Å². The molecule has 1 aliphatic heterocycles. The van der Waals surface area contributed by atoms with Crippen LogP contribution in [0.1, 0.15) is 33.3 Å². The van der Waals surface area contributed by atoms with E-state index in [-0.39, 0.29) is 11.2 Å². The lowest BCUT2D eigenvalue weighted by Crippen LogP contribution is -2.41. The van der Waals surface area contributed by atoms with Gasteiger partial charge in [-0.25, -0.2) is 0 Å². The molecule has 0 radical (unpaired) electrons. The first kappa shape index (κ1) is 13.2. The summed E-state index contributed by atoms with van der Waals surface area (Å²) in [5.41, 5.74) is 1.67. The molecule has 0 bridgehead atoms. The van der Waals surface area contributed by atoms with E-state index in [0.717, 1.165) is 16.4 Å². The smallest absolute Gasteiger partial charge is 0.399 e. The summed E-state index contributed by atoms with van der Waals surface area (Å²) in [6.07, 6.45) is 1.86. The molecule has 2 heterocycles. The van der Waals surface area contributed by atoms with Gasteiger partial charge in [0.05, 0.1) is 22.8 Å². The number of benzene rings is 1. The summed E-state index contributed by atoms with van der Waals surface area (Å²) in [7, 11) is -0.463. The van der Waals surface area contributed by atoms with Gasteiger partial charge in [-0.05, 0) is 45.9 Å². The van der Waals surface area contributed by atoms with Gasteiger partial charge in [0.1, 0.15) is 0 Å². The number of nitriles is 1. The summed E-state index contributed by atoms with van der Waals surface area (Å²) in [6, 6.07) is 7.83. The molecule has 0 saturated carbocycles. The summed E-state index contributed by atoms with van der Waals surface area (Å²) >= 11 is 0. The quantitative estimate of drug-likeness (QED) is 0.807. The van der Waals surface area contributed by atoms with Crippen molar-refractivity contribution < 1.29 is 9.31 Å². The van der Waals surface area contributed by atoms with Gasteiger partial charge in [0, 0.05) is 22.6 Å². The zero-order valence-electron chi connectivity index (χ0n) is 12.2. The van der Waals surface area contributed by atoms with Crippen molar-refractivity contribution in [3.8, 4) is 6.07 Å². The first-order chi connectivity index (χ1) is 9.34. The lowest BCUT2D eigenvalue weighted by Gasteiger charge is -2.32. The van der Waals surface area contributed by atoms with E-state index >= 15 is 0 Å². The van der Waals surface area contributed by atoms with Crippen LogP contribution in [0.15, 0.2) is 24.4 Å². The maximum Gasteiger partial charge on any atom is 0.497 e. The fourth-order valence-electron chi connectivity index (χ4n) is 2.42. The van der Waals surface area contributed by atoms with Gasteiger partial charge in [0.2, 0.25) is 0 Å². The molecule has 3 rings (SSSR count). The minimum Gasteiger partial charge on any atom is -0.399 e. The maximum atomic E-state index is 9.17. The molecule has 1 N–H and O–H groups in total. The van der Waals surface area contributed by atoms with Crippen molar-refractivity contribution in [1.82, 2.24) is 4.98 Å². The number of nitrogens with zero attached hydrogens (tertiary/aromatic N) is 1. The molecule has 1 fully saturated rings. The Hall–Kier alpha value is -1.77. The summed E-state index contributed by atoms with van der Waals surface area (Å²) in [6.45, 7) is 8.08. The van der Waals surface area contributed by atoms with Crippen LogP contribution in [0.5, 0.6) is 0 Å². The van der Waals surface area contributed by atoms with E-state index in [1.807, 2.05) is 52.1 Å². The molecule has 4 nitrogen and oxygen atoms in total. The number of H-pyrrole nitrogens is 1. The molecular formula is C15H17BN2O2. The van der Waals surface area contributed by atoms with Crippen LogP contribution in [0, 0.1) is 11.3 Å². The second-order valence-electron chi connectivity index (χ2n) is 6.21. The molecule has 1 aromatic heterocycles. The molecule has 5 heteroatoms. The second-order valence-corrected chi connectivity index (χ2v) is 6.21. The van der Waals surface area contributed by atoms with Crippen LogP contribution in [-0.2, 0) is 9.31 Å². The zero-order valence-corrected chi connectivity index (χ0v) is 12.2. The number of hydrogen-bond acceptors (Lipinski definition) is 3. The van der Waals surface area contributed by atoms with Crippen LogP contribution in [-0.4, -0.2) is 23.3 Å². The SMILES string of the molecule is CC1(C)OB(c2cc(C#N)cc3cc[nH]c23)OC1(C)C. The van der Waals surface area contributed by atoms with E-state index in [0.29, 0.717) is 5.56 Å². The average molecular weight is 268 g/mol. The van der Waals surface area contributed by atoms with Gasteiger partial charge >= 0.3 is 7.12 Å². The highest BCUT2D eigenvalue weighted by Crippen LogP contribution is 2.37. The van der Waals surface area contributed by atoms with Crippen LogP contribution in [0.25, 0.3) is 10.9 Å². The second kappa shape index (κ2) is 4.11. The molecule has 1 saturated heterocycles. The average Bonchev–Trinajstić information content (AvgIpc) is 2.90. The predicted molar refractivity (Wildman–Crippen MR) is 78.7 cm³/mol. The third-order valence-electron chi connectivity index (χ3n) is 4.33. The Labute approximate surface area is 118 Å². The number of aromatic amines is 1. The molecule has 2 aromatic rings. The summed E-state index contributed by atoms with van der Waals surface area (Å²) in [5, 5.41) is 10.2. The molecule has 0 atom stereocenters. The molecule has 102 valence electrons. The Morgan fingerprint density at radius 1 is 1.15 bits per heavy atom. The topological polar surface area (TPSA) is 58.0 Å². The van der Waals surface area contributed by atoms with Gasteiger partial charge in [0.15, 0.2) is 0 Å². The number of aromatic nitrogens is 1. The number of fused-ring (bicyclic) bond motifs is 1. The van der Waals surface area contributed by atoms with Crippen LogP contribution >= 0.6 is 0 Å². The van der Waals surface area contributed by atoms with Crippen LogP contribution in [0.3, 0.4) is 0 Å². The van der Waals surface area contributed by atoms with E-state index in [9.17, 15) is 0 Å². The van der Waals surface area contributed by atoms with Gasteiger partial charge in [-0.2, -0.15) is 5.26 Å². The molecule has 0 unspecified atom stereocenters. The molecule has 0 spiro atoms. The number of nitrogens with one attached hydrogen (secondary N) is 1.